The van der Waals surface area contributed by atoms with Crippen molar-refractivity contribution in [3.05, 3.63) is 185 Å². The molecular weight excluding hydrogens is 568 g/mol. The average Bonchev–Trinajstić information content (AvgIpc) is 3.91. The van der Waals surface area contributed by atoms with Crippen molar-refractivity contribution in [2.24, 2.45) is 20.0 Å². The van der Waals surface area contributed by atoms with Gasteiger partial charge in [-0.25, -0.2) is 20.0 Å². The van der Waals surface area contributed by atoms with E-state index in [4.69, 9.17) is 20.0 Å². The van der Waals surface area contributed by atoms with Crippen LogP contribution in [0.5, 0.6) is 0 Å². The van der Waals surface area contributed by atoms with Gasteiger partial charge in [-0.2, -0.15) is 0 Å². The van der Waals surface area contributed by atoms with Gasteiger partial charge in [0.1, 0.15) is 0 Å². The lowest BCUT2D eigenvalue weighted by atomic mass is 9.98. The molecule has 218 valence electrons. The highest BCUT2D eigenvalue weighted by atomic mass is 16.4. The summed E-state index contributed by atoms with van der Waals surface area (Å²) >= 11 is 0. The Morgan fingerprint density at radius 2 is 0.761 bits per heavy atom. The Hall–Kier alpha value is -6.27. The van der Waals surface area contributed by atoms with Crippen molar-refractivity contribution >= 4 is 45.5 Å². The highest BCUT2D eigenvalue weighted by molar-refractivity contribution is 6.37. The van der Waals surface area contributed by atoms with Gasteiger partial charge in [0, 0.05) is 22.3 Å². The number of allylic oxidation sites excluding steroid dienone is 11. The van der Waals surface area contributed by atoms with Crippen molar-refractivity contribution in [2.75, 3.05) is 0 Å². The van der Waals surface area contributed by atoms with E-state index in [2.05, 4.69) is 12.1 Å². The highest BCUT2D eigenvalue weighted by Gasteiger charge is 2.27. The monoisotopic (exact) mass is 594 g/mol. The Labute approximate surface area is 266 Å². The summed E-state index contributed by atoms with van der Waals surface area (Å²) < 4.78 is 0. The highest BCUT2D eigenvalue weighted by Crippen LogP contribution is 2.37. The SMILES string of the molecule is O=C(O)CC1=C2C=CC(=N2)C(c2ccccc2)=C2C=CC(=N2)C(c2ccccc2)=C2C=CC(=N2)C(c2ccccc2)=C2C=CC1=N2. The Morgan fingerprint density at radius 1 is 0.435 bits per heavy atom. The Balaban J connectivity index is 1.45. The first-order chi connectivity index (χ1) is 22.6. The number of rotatable bonds is 5. The van der Waals surface area contributed by atoms with Crippen LogP contribution in [-0.4, -0.2) is 33.9 Å². The second-order valence-corrected chi connectivity index (χ2v) is 11.1. The van der Waals surface area contributed by atoms with Crippen molar-refractivity contribution in [1.29, 1.82) is 0 Å². The van der Waals surface area contributed by atoms with Gasteiger partial charge in [-0.3, -0.25) is 4.79 Å². The van der Waals surface area contributed by atoms with Crippen LogP contribution in [0, 0.1) is 0 Å². The lowest BCUT2D eigenvalue weighted by Gasteiger charge is -2.12. The van der Waals surface area contributed by atoms with E-state index in [-0.39, 0.29) is 6.42 Å². The second kappa shape index (κ2) is 11.3. The number of hydrogen-bond acceptors (Lipinski definition) is 5. The Bertz CT molecular complexity index is 2160. The molecule has 0 atom stereocenters. The molecule has 0 aromatic heterocycles. The number of carboxylic acid groups (broad SMARTS) is 1. The third-order valence-corrected chi connectivity index (χ3v) is 8.23. The average molecular weight is 595 g/mol. The summed E-state index contributed by atoms with van der Waals surface area (Å²) in [6.45, 7) is 0. The topological polar surface area (TPSA) is 86.7 Å². The molecule has 3 aromatic carbocycles. The summed E-state index contributed by atoms with van der Waals surface area (Å²) in [5.41, 5.74) is 11.8. The summed E-state index contributed by atoms with van der Waals surface area (Å²) in [5.74, 6) is -0.952. The van der Waals surface area contributed by atoms with Crippen molar-refractivity contribution in [1.82, 2.24) is 0 Å². The zero-order chi connectivity index (χ0) is 31.0. The molecule has 5 heterocycles. The molecule has 0 saturated carbocycles. The zero-order valence-corrected chi connectivity index (χ0v) is 24.6. The minimum Gasteiger partial charge on any atom is -0.481 e. The standard InChI is InChI=1S/C40H26N4O2/c45-37(46)24-28-29-16-18-31(41-29)38(25-10-4-1-5-11-25)33-20-22-35(43-33)40(27-14-8-3-9-15-27)36-23-21-34(44-36)39(26-12-6-2-7-13-26)32-19-17-30(28)42-32/h1-23H,24H2,(H,45,46). The summed E-state index contributed by atoms with van der Waals surface area (Å²) in [5, 5.41) is 9.94. The van der Waals surface area contributed by atoms with Gasteiger partial charge in [0.2, 0.25) is 0 Å². The van der Waals surface area contributed by atoms with Crippen molar-refractivity contribution in [3.8, 4) is 0 Å². The van der Waals surface area contributed by atoms with Crippen LogP contribution in [-0.2, 0) is 4.79 Å². The summed E-state index contributed by atoms with van der Waals surface area (Å²) in [7, 11) is 0. The first-order valence-electron chi connectivity index (χ1n) is 15.0. The molecule has 0 fully saturated rings. The minimum atomic E-state index is -0.952. The number of aliphatic carboxylic acids is 1. The van der Waals surface area contributed by atoms with Crippen LogP contribution in [0.15, 0.2) is 188 Å². The number of fused-ring (bicyclic) bond motifs is 4. The summed E-state index contributed by atoms with van der Waals surface area (Å²) in [6, 6.07) is 30.3. The number of benzene rings is 3. The van der Waals surface area contributed by atoms with Gasteiger partial charge in [-0.15, -0.1) is 0 Å². The van der Waals surface area contributed by atoms with Crippen molar-refractivity contribution < 1.29 is 9.90 Å². The van der Waals surface area contributed by atoms with Crippen LogP contribution < -0.4 is 0 Å². The molecule has 0 aliphatic carbocycles. The fourth-order valence-corrected chi connectivity index (χ4v) is 6.18. The molecule has 0 spiro atoms. The molecule has 0 amide bonds. The molecule has 3 aromatic rings. The van der Waals surface area contributed by atoms with Crippen molar-refractivity contribution in [2.45, 2.75) is 6.42 Å². The molecule has 6 heteroatoms. The van der Waals surface area contributed by atoms with Gasteiger partial charge in [-0.1, -0.05) is 91.0 Å². The molecule has 46 heavy (non-hydrogen) atoms. The summed E-state index contributed by atoms with van der Waals surface area (Å²) in [6.07, 6.45) is 15.5. The maximum absolute atomic E-state index is 12.1. The van der Waals surface area contributed by atoms with Crippen LogP contribution >= 0.6 is 0 Å². The van der Waals surface area contributed by atoms with Gasteiger partial charge >= 0.3 is 5.97 Å². The molecule has 1 N–H and O–H groups in total. The molecular formula is C40H26N4O2. The molecule has 0 unspecified atom stereocenters. The van der Waals surface area contributed by atoms with Gasteiger partial charge in [-0.05, 0) is 65.3 Å². The van der Waals surface area contributed by atoms with E-state index in [0.29, 0.717) is 28.4 Å². The van der Waals surface area contributed by atoms with Gasteiger partial charge in [0.05, 0.1) is 52.1 Å². The smallest absolute Gasteiger partial charge is 0.307 e. The van der Waals surface area contributed by atoms with E-state index in [9.17, 15) is 9.90 Å². The molecule has 0 saturated heterocycles. The van der Waals surface area contributed by atoms with E-state index in [1.165, 1.54) is 0 Å². The molecule has 8 bridgehead atoms. The predicted octanol–water partition coefficient (Wildman–Crippen LogP) is 8.01. The third kappa shape index (κ3) is 4.92. The fourth-order valence-electron chi connectivity index (χ4n) is 6.18. The largest absolute Gasteiger partial charge is 0.481 e. The molecule has 8 rings (SSSR count). The second-order valence-electron chi connectivity index (χ2n) is 11.1. The van der Waals surface area contributed by atoms with Gasteiger partial charge in [0.15, 0.2) is 0 Å². The molecule has 5 aliphatic rings. The lowest BCUT2D eigenvalue weighted by Crippen LogP contribution is -2.07. The Kier molecular flexibility index (Phi) is 6.73. The number of carbonyl (C=O) groups is 1. The maximum Gasteiger partial charge on any atom is 0.307 e. The predicted molar refractivity (Wildman–Crippen MR) is 186 cm³/mol. The van der Waals surface area contributed by atoms with Gasteiger partial charge in [0.25, 0.3) is 0 Å². The number of carboxylic acids is 1. The Morgan fingerprint density at radius 3 is 1.15 bits per heavy atom. The minimum absolute atomic E-state index is 0.221. The van der Waals surface area contributed by atoms with E-state index in [0.717, 1.165) is 56.2 Å². The van der Waals surface area contributed by atoms with Crippen LogP contribution in [0.3, 0.4) is 0 Å². The normalized spacial score (nSPS) is 18.1. The van der Waals surface area contributed by atoms with Crippen LogP contribution in [0.2, 0.25) is 0 Å². The van der Waals surface area contributed by atoms with Gasteiger partial charge < -0.3 is 5.11 Å². The van der Waals surface area contributed by atoms with E-state index < -0.39 is 5.97 Å². The maximum atomic E-state index is 12.1. The number of aliphatic imine (C=N–C) groups is 4. The summed E-state index contributed by atoms with van der Waals surface area (Å²) in [4.78, 5) is 32.6. The third-order valence-electron chi connectivity index (χ3n) is 8.23. The molecule has 5 aliphatic heterocycles. The first kappa shape index (κ1) is 27.3. The number of nitrogens with zero attached hydrogens (tertiary/aromatic N) is 4. The first-order valence-corrected chi connectivity index (χ1v) is 15.0. The van der Waals surface area contributed by atoms with E-state index in [1.807, 2.05) is 127 Å². The quantitative estimate of drug-likeness (QED) is 0.324. The van der Waals surface area contributed by atoms with E-state index in [1.54, 1.807) is 0 Å². The lowest BCUT2D eigenvalue weighted by molar-refractivity contribution is -0.136. The number of hydrogen-bond donors (Lipinski definition) is 1. The molecule has 6 nitrogen and oxygen atoms in total. The molecule has 0 radical (unpaired) electrons. The van der Waals surface area contributed by atoms with Crippen molar-refractivity contribution in [3.63, 3.8) is 0 Å². The fraction of sp³-hybridized carbons (Fsp3) is 0.0250. The van der Waals surface area contributed by atoms with Crippen LogP contribution in [0.25, 0.3) is 16.7 Å². The zero-order valence-electron chi connectivity index (χ0n) is 24.6. The van der Waals surface area contributed by atoms with Crippen LogP contribution in [0.4, 0.5) is 0 Å². The van der Waals surface area contributed by atoms with Crippen LogP contribution in [0.1, 0.15) is 23.1 Å². The van der Waals surface area contributed by atoms with E-state index >= 15 is 0 Å².